The average molecular weight is 196 g/mol. The van der Waals surface area contributed by atoms with Crippen LogP contribution in [-0.4, -0.2) is 10.3 Å². The average Bonchev–Trinajstić information content (AvgIpc) is 2.74. The van der Waals surface area contributed by atoms with Crippen molar-refractivity contribution >= 4 is 11.0 Å². The smallest absolute Gasteiger partial charge is 0.120 e. The molecule has 3 aromatic rings. The minimum Gasteiger partial charge on any atom is -0.120 e. The standard InChI is InChI=1S/C12H9N3/c1-2-6-10(7-3-1)15-12-9-5-4-8-11(12)13-14-15/h1-9H/p+1. The molecule has 0 amide bonds. The van der Waals surface area contributed by atoms with E-state index in [0.29, 0.717) is 0 Å². The number of aromatic amines is 1. The normalized spacial score (nSPS) is 10.7. The number of para-hydroxylation sites is 3. The number of nitrogens with zero attached hydrogens (tertiary/aromatic N) is 2. The Morgan fingerprint density at radius 3 is 2.47 bits per heavy atom. The van der Waals surface area contributed by atoms with Gasteiger partial charge in [0.15, 0.2) is 5.69 Å². The number of fused-ring (bicyclic) bond motifs is 1. The largest absolute Gasteiger partial charge is 0.249 e. The Morgan fingerprint density at radius 2 is 1.60 bits per heavy atom. The number of aromatic nitrogens is 3. The van der Waals surface area contributed by atoms with Crippen LogP contribution in [0.1, 0.15) is 0 Å². The van der Waals surface area contributed by atoms with Crippen molar-refractivity contribution in [2.45, 2.75) is 0 Å². The zero-order valence-electron chi connectivity index (χ0n) is 8.09. The summed E-state index contributed by atoms with van der Waals surface area (Å²) in [7, 11) is 0. The van der Waals surface area contributed by atoms with Crippen molar-refractivity contribution in [2.75, 3.05) is 0 Å². The molecule has 0 saturated heterocycles. The minimum absolute atomic E-state index is 0.973. The van der Waals surface area contributed by atoms with Gasteiger partial charge in [-0.3, -0.25) is 0 Å². The first-order valence-electron chi connectivity index (χ1n) is 4.86. The lowest BCUT2D eigenvalue weighted by atomic mass is 10.3. The lowest BCUT2D eigenvalue weighted by molar-refractivity contribution is -0.634. The van der Waals surface area contributed by atoms with Crippen molar-refractivity contribution in [2.24, 2.45) is 0 Å². The van der Waals surface area contributed by atoms with Crippen molar-refractivity contribution in [1.82, 2.24) is 10.3 Å². The van der Waals surface area contributed by atoms with Crippen molar-refractivity contribution in [3.8, 4) is 5.69 Å². The third-order valence-electron chi connectivity index (χ3n) is 2.41. The van der Waals surface area contributed by atoms with Crippen LogP contribution in [0.3, 0.4) is 0 Å². The fourth-order valence-electron chi connectivity index (χ4n) is 1.68. The molecule has 0 aliphatic carbocycles. The molecule has 3 rings (SSSR count). The highest BCUT2D eigenvalue weighted by Gasteiger charge is 2.12. The molecular weight excluding hydrogens is 186 g/mol. The van der Waals surface area contributed by atoms with E-state index in [1.165, 1.54) is 0 Å². The number of nitrogens with one attached hydrogen (secondary N) is 1. The van der Waals surface area contributed by atoms with Gasteiger partial charge in [0.25, 0.3) is 0 Å². The number of H-pyrrole nitrogens is 1. The number of rotatable bonds is 1. The highest BCUT2D eigenvalue weighted by atomic mass is 15.4. The van der Waals surface area contributed by atoms with Gasteiger partial charge in [-0.1, -0.05) is 35.5 Å². The van der Waals surface area contributed by atoms with E-state index in [1.807, 2.05) is 59.3 Å². The second kappa shape index (κ2) is 3.20. The van der Waals surface area contributed by atoms with Gasteiger partial charge in [0.2, 0.25) is 11.0 Å². The lowest BCUT2D eigenvalue weighted by Crippen LogP contribution is -2.32. The van der Waals surface area contributed by atoms with Gasteiger partial charge in [-0.05, 0) is 24.3 Å². The van der Waals surface area contributed by atoms with E-state index in [4.69, 9.17) is 0 Å². The highest BCUT2D eigenvalue weighted by Crippen LogP contribution is 2.07. The summed E-state index contributed by atoms with van der Waals surface area (Å²) in [5.41, 5.74) is 3.15. The molecule has 1 aromatic heterocycles. The zero-order valence-corrected chi connectivity index (χ0v) is 8.09. The van der Waals surface area contributed by atoms with Gasteiger partial charge in [0.1, 0.15) is 0 Å². The lowest BCUT2D eigenvalue weighted by Gasteiger charge is -1.93. The Bertz CT molecular complexity index is 584. The highest BCUT2D eigenvalue weighted by molar-refractivity contribution is 5.70. The topological polar surface area (TPSA) is 32.6 Å². The van der Waals surface area contributed by atoms with Crippen LogP contribution < -0.4 is 4.68 Å². The number of hydrogen-bond acceptors (Lipinski definition) is 1. The molecule has 0 radical (unpaired) electrons. The first kappa shape index (κ1) is 8.17. The Balaban J connectivity index is 2.28. The van der Waals surface area contributed by atoms with Gasteiger partial charge in [-0.25, -0.2) is 0 Å². The Kier molecular flexibility index (Phi) is 1.75. The molecule has 0 aliphatic heterocycles. The maximum absolute atomic E-state index is 4.23. The fourth-order valence-corrected chi connectivity index (χ4v) is 1.68. The summed E-state index contributed by atoms with van der Waals surface area (Å²) in [5.74, 6) is 0. The molecule has 0 saturated carbocycles. The van der Waals surface area contributed by atoms with Crippen LogP contribution in [0.4, 0.5) is 0 Å². The Morgan fingerprint density at radius 1 is 0.867 bits per heavy atom. The van der Waals surface area contributed by atoms with Crippen LogP contribution in [0, 0.1) is 0 Å². The van der Waals surface area contributed by atoms with Gasteiger partial charge in [0.05, 0.1) is 0 Å². The molecule has 0 atom stereocenters. The van der Waals surface area contributed by atoms with E-state index < -0.39 is 0 Å². The van der Waals surface area contributed by atoms with Gasteiger partial charge in [0, 0.05) is 5.10 Å². The van der Waals surface area contributed by atoms with Crippen molar-refractivity contribution < 1.29 is 4.68 Å². The van der Waals surface area contributed by atoms with Gasteiger partial charge in [-0.2, -0.15) is 0 Å². The van der Waals surface area contributed by atoms with Crippen LogP contribution in [0.25, 0.3) is 16.7 Å². The quantitative estimate of drug-likeness (QED) is 0.592. The summed E-state index contributed by atoms with van der Waals surface area (Å²) in [6, 6.07) is 18.2. The summed E-state index contributed by atoms with van der Waals surface area (Å²) >= 11 is 0. The molecule has 0 fully saturated rings. The first-order chi connectivity index (χ1) is 7.45. The van der Waals surface area contributed by atoms with Crippen LogP contribution in [0.5, 0.6) is 0 Å². The second-order valence-electron chi connectivity index (χ2n) is 3.37. The van der Waals surface area contributed by atoms with Gasteiger partial charge < -0.3 is 0 Å². The van der Waals surface area contributed by atoms with E-state index in [0.717, 1.165) is 16.7 Å². The molecule has 72 valence electrons. The molecule has 1 heterocycles. The molecule has 0 spiro atoms. The molecule has 1 N–H and O–H groups in total. The Labute approximate surface area is 87.0 Å². The van der Waals surface area contributed by atoms with Gasteiger partial charge >= 0.3 is 0 Å². The van der Waals surface area contributed by atoms with Crippen LogP contribution >= 0.6 is 0 Å². The molecule has 3 heteroatoms. The molecule has 0 aliphatic rings. The molecule has 15 heavy (non-hydrogen) atoms. The predicted octanol–water partition coefficient (Wildman–Crippen LogP) is 1.84. The zero-order chi connectivity index (χ0) is 10.1. The number of benzene rings is 2. The fraction of sp³-hybridized carbons (Fsp3) is 0. The van der Waals surface area contributed by atoms with Crippen molar-refractivity contribution in [3.63, 3.8) is 0 Å². The maximum Gasteiger partial charge on any atom is 0.249 e. The third-order valence-corrected chi connectivity index (χ3v) is 2.41. The summed E-state index contributed by atoms with van der Waals surface area (Å²) in [4.78, 5) is 0. The van der Waals surface area contributed by atoms with E-state index in [9.17, 15) is 0 Å². The van der Waals surface area contributed by atoms with E-state index >= 15 is 0 Å². The minimum atomic E-state index is 0.973. The maximum atomic E-state index is 4.23. The first-order valence-corrected chi connectivity index (χ1v) is 4.86. The van der Waals surface area contributed by atoms with Crippen LogP contribution in [0.2, 0.25) is 0 Å². The SMILES string of the molecule is c1ccc(-[n+]2[nH]nc3ccccc32)cc1. The van der Waals surface area contributed by atoms with E-state index in [1.54, 1.807) is 0 Å². The molecule has 0 bridgehead atoms. The summed E-state index contributed by atoms with van der Waals surface area (Å²) < 4.78 is 1.97. The van der Waals surface area contributed by atoms with E-state index in [2.05, 4.69) is 10.3 Å². The molecule has 2 aromatic carbocycles. The third kappa shape index (κ3) is 1.29. The number of hydrogen-bond donors (Lipinski definition) is 1. The second-order valence-corrected chi connectivity index (χ2v) is 3.37. The summed E-state index contributed by atoms with van der Waals surface area (Å²) in [5, 5.41) is 7.23. The summed E-state index contributed by atoms with van der Waals surface area (Å²) in [6.07, 6.45) is 0. The van der Waals surface area contributed by atoms with Gasteiger partial charge in [-0.15, -0.1) is 4.68 Å². The van der Waals surface area contributed by atoms with Crippen LogP contribution in [-0.2, 0) is 0 Å². The molecular formula is C12H10N3+. The summed E-state index contributed by atoms with van der Waals surface area (Å²) in [6.45, 7) is 0. The van der Waals surface area contributed by atoms with E-state index in [-0.39, 0.29) is 0 Å². The van der Waals surface area contributed by atoms with Crippen molar-refractivity contribution in [1.29, 1.82) is 0 Å². The monoisotopic (exact) mass is 196 g/mol. The Hall–Kier alpha value is -2.16. The molecule has 3 nitrogen and oxygen atoms in total. The molecule has 0 unspecified atom stereocenters. The predicted molar refractivity (Wildman–Crippen MR) is 57.6 cm³/mol. The van der Waals surface area contributed by atoms with Crippen LogP contribution in [0.15, 0.2) is 54.6 Å². The van der Waals surface area contributed by atoms with Crippen molar-refractivity contribution in [3.05, 3.63) is 54.6 Å².